The van der Waals surface area contributed by atoms with E-state index in [1.165, 1.54) is 7.11 Å². The molecule has 0 amide bonds. The van der Waals surface area contributed by atoms with Gasteiger partial charge < -0.3 is 9.15 Å². The van der Waals surface area contributed by atoms with E-state index in [0.29, 0.717) is 22.3 Å². The minimum atomic E-state index is -0.655. The number of hydrogen-bond acceptors (Lipinski definition) is 4. The van der Waals surface area contributed by atoms with E-state index in [2.05, 4.69) is 6.92 Å². The molecule has 0 atom stereocenters. The van der Waals surface area contributed by atoms with Crippen molar-refractivity contribution in [2.45, 2.75) is 19.8 Å². The SMILES string of the molecule is CCCc1cc(OC)c2oc(=O)c(C(=O)c3ccccc3)cc2c1. The van der Waals surface area contributed by atoms with Crippen LogP contribution in [0.1, 0.15) is 34.8 Å². The summed E-state index contributed by atoms with van der Waals surface area (Å²) in [6.07, 6.45) is 1.87. The number of aryl methyl sites for hydroxylation is 1. The lowest BCUT2D eigenvalue weighted by atomic mass is 10.0. The van der Waals surface area contributed by atoms with Gasteiger partial charge in [-0.3, -0.25) is 4.79 Å². The molecule has 0 aliphatic rings. The Kier molecular flexibility index (Phi) is 4.47. The van der Waals surface area contributed by atoms with Gasteiger partial charge in [-0.2, -0.15) is 0 Å². The average Bonchev–Trinajstić information content (AvgIpc) is 2.61. The molecule has 0 unspecified atom stereocenters. The summed E-state index contributed by atoms with van der Waals surface area (Å²) in [5, 5.41) is 0.691. The maximum Gasteiger partial charge on any atom is 0.347 e. The van der Waals surface area contributed by atoms with Crippen molar-refractivity contribution in [3.05, 3.63) is 75.6 Å². The minimum absolute atomic E-state index is 0.0319. The number of benzene rings is 2. The van der Waals surface area contributed by atoms with Crippen molar-refractivity contribution in [1.82, 2.24) is 0 Å². The van der Waals surface area contributed by atoms with Crippen LogP contribution in [-0.2, 0) is 6.42 Å². The lowest BCUT2D eigenvalue weighted by Gasteiger charge is -2.09. The number of methoxy groups -OCH3 is 1. The van der Waals surface area contributed by atoms with Crippen LogP contribution < -0.4 is 10.4 Å². The number of ether oxygens (including phenoxy) is 1. The highest BCUT2D eigenvalue weighted by Crippen LogP contribution is 2.28. The molecule has 1 aromatic heterocycles. The highest BCUT2D eigenvalue weighted by atomic mass is 16.5. The second-order valence-electron chi connectivity index (χ2n) is 5.61. The lowest BCUT2D eigenvalue weighted by Crippen LogP contribution is -2.15. The Hall–Kier alpha value is -2.88. The van der Waals surface area contributed by atoms with Crippen LogP contribution in [0.15, 0.2) is 57.7 Å². The second kappa shape index (κ2) is 6.71. The number of carbonyl (C=O) groups is 1. The van der Waals surface area contributed by atoms with E-state index < -0.39 is 5.63 Å². The Morgan fingerprint density at radius 2 is 1.88 bits per heavy atom. The van der Waals surface area contributed by atoms with Gasteiger partial charge in [-0.1, -0.05) is 43.7 Å². The maximum atomic E-state index is 12.6. The highest BCUT2D eigenvalue weighted by Gasteiger charge is 2.17. The Morgan fingerprint density at radius 1 is 1.12 bits per heavy atom. The van der Waals surface area contributed by atoms with Crippen LogP contribution in [0.5, 0.6) is 5.75 Å². The van der Waals surface area contributed by atoms with Gasteiger partial charge in [0.1, 0.15) is 5.56 Å². The molecule has 0 spiro atoms. The summed E-state index contributed by atoms with van der Waals surface area (Å²) in [5.74, 6) is 0.165. The molecule has 1 heterocycles. The summed E-state index contributed by atoms with van der Waals surface area (Å²) >= 11 is 0. The minimum Gasteiger partial charge on any atom is -0.493 e. The Balaban J connectivity index is 2.18. The lowest BCUT2D eigenvalue weighted by molar-refractivity contribution is 0.103. The summed E-state index contributed by atoms with van der Waals surface area (Å²) in [6, 6.07) is 14.1. The molecule has 3 aromatic rings. The van der Waals surface area contributed by atoms with Crippen LogP contribution in [0.2, 0.25) is 0 Å². The second-order valence-corrected chi connectivity index (χ2v) is 5.61. The van der Waals surface area contributed by atoms with Crippen molar-refractivity contribution < 1.29 is 13.9 Å². The molecule has 0 aliphatic carbocycles. The first-order valence-electron chi connectivity index (χ1n) is 7.88. The van der Waals surface area contributed by atoms with Crippen LogP contribution >= 0.6 is 0 Å². The first-order valence-corrected chi connectivity index (χ1v) is 7.88. The fourth-order valence-electron chi connectivity index (χ4n) is 2.75. The van der Waals surface area contributed by atoms with Gasteiger partial charge in [0.25, 0.3) is 0 Å². The third kappa shape index (κ3) is 2.95. The van der Waals surface area contributed by atoms with Gasteiger partial charge in [-0.25, -0.2) is 4.79 Å². The number of carbonyl (C=O) groups excluding carboxylic acids is 1. The van der Waals surface area contributed by atoms with Crippen LogP contribution in [0.25, 0.3) is 11.0 Å². The zero-order valence-corrected chi connectivity index (χ0v) is 13.7. The van der Waals surface area contributed by atoms with Gasteiger partial charge in [-0.15, -0.1) is 0 Å². The van der Waals surface area contributed by atoms with Gasteiger partial charge in [0.2, 0.25) is 0 Å². The van der Waals surface area contributed by atoms with Crippen molar-refractivity contribution in [2.75, 3.05) is 7.11 Å². The van der Waals surface area contributed by atoms with Gasteiger partial charge >= 0.3 is 5.63 Å². The Bertz CT molecular complexity index is 939. The van der Waals surface area contributed by atoms with Crippen LogP contribution in [0.3, 0.4) is 0 Å². The van der Waals surface area contributed by atoms with Crippen molar-refractivity contribution >= 4 is 16.8 Å². The monoisotopic (exact) mass is 322 g/mol. The number of hydrogen-bond donors (Lipinski definition) is 0. The van der Waals surface area contributed by atoms with Crippen molar-refractivity contribution in [1.29, 1.82) is 0 Å². The molecule has 0 saturated carbocycles. The normalized spacial score (nSPS) is 10.8. The molecule has 24 heavy (non-hydrogen) atoms. The molecular weight excluding hydrogens is 304 g/mol. The molecular formula is C20H18O4. The summed E-state index contributed by atoms with van der Waals surface area (Å²) in [4.78, 5) is 24.9. The molecule has 0 fully saturated rings. The van der Waals surface area contributed by atoms with E-state index in [9.17, 15) is 9.59 Å². The van der Waals surface area contributed by atoms with Crippen molar-refractivity contribution in [2.24, 2.45) is 0 Å². The van der Waals surface area contributed by atoms with E-state index in [1.54, 1.807) is 30.3 Å². The number of ketones is 1. The van der Waals surface area contributed by atoms with Crippen LogP contribution in [0, 0.1) is 0 Å². The average molecular weight is 322 g/mol. The molecule has 4 heteroatoms. The van der Waals surface area contributed by atoms with Crippen molar-refractivity contribution in [3.8, 4) is 5.75 Å². The largest absolute Gasteiger partial charge is 0.493 e. The van der Waals surface area contributed by atoms with E-state index in [0.717, 1.165) is 18.4 Å². The summed E-state index contributed by atoms with van der Waals surface area (Å²) in [6.45, 7) is 2.09. The zero-order chi connectivity index (χ0) is 17.1. The highest BCUT2D eigenvalue weighted by molar-refractivity contribution is 6.10. The maximum absolute atomic E-state index is 12.6. The fraction of sp³-hybridized carbons (Fsp3) is 0.200. The first-order chi connectivity index (χ1) is 11.6. The molecule has 2 aromatic carbocycles. The standard InChI is InChI=1S/C20H18O4/c1-3-7-13-10-15-12-16(18(21)14-8-5-4-6-9-14)20(22)24-19(15)17(11-13)23-2/h4-6,8-12H,3,7H2,1-2H3. The van der Waals surface area contributed by atoms with Crippen LogP contribution in [-0.4, -0.2) is 12.9 Å². The molecule has 4 nitrogen and oxygen atoms in total. The molecule has 122 valence electrons. The Labute approximate surface area is 139 Å². The summed E-state index contributed by atoms with van der Waals surface area (Å²) in [5.41, 5.74) is 1.28. The molecule has 0 radical (unpaired) electrons. The van der Waals surface area contributed by atoms with Crippen LogP contribution in [0.4, 0.5) is 0 Å². The summed E-state index contributed by atoms with van der Waals surface area (Å²) in [7, 11) is 1.54. The van der Waals surface area contributed by atoms with Gasteiger partial charge in [0, 0.05) is 10.9 Å². The van der Waals surface area contributed by atoms with Gasteiger partial charge in [-0.05, 0) is 30.2 Å². The number of rotatable bonds is 5. The van der Waals surface area contributed by atoms with E-state index >= 15 is 0 Å². The zero-order valence-electron chi connectivity index (χ0n) is 13.7. The molecule has 0 saturated heterocycles. The summed E-state index contributed by atoms with van der Waals surface area (Å²) < 4.78 is 10.7. The van der Waals surface area contributed by atoms with Gasteiger partial charge in [0.05, 0.1) is 7.11 Å². The Morgan fingerprint density at radius 3 is 2.54 bits per heavy atom. The van der Waals surface area contributed by atoms with E-state index in [4.69, 9.17) is 9.15 Å². The predicted octanol–water partition coefficient (Wildman–Crippen LogP) is 3.99. The predicted molar refractivity (Wildman–Crippen MR) is 92.9 cm³/mol. The fourth-order valence-corrected chi connectivity index (χ4v) is 2.75. The van der Waals surface area contributed by atoms with E-state index in [-0.39, 0.29) is 11.3 Å². The number of fused-ring (bicyclic) bond motifs is 1. The third-order valence-corrected chi connectivity index (χ3v) is 3.90. The van der Waals surface area contributed by atoms with E-state index in [1.807, 2.05) is 18.2 Å². The third-order valence-electron chi connectivity index (χ3n) is 3.90. The molecule has 0 aliphatic heterocycles. The molecule has 0 bridgehead atoms. The topological polar surface area (TPSA) is 56.5 Å². The molecule has 3 rings (SSSR count). The molecule has 0 N–H and O–H groups in total. The quantitative estimate of drug-likeness (QED) is 0.526. The van der Waals surface area contributed by atoms with Gasteiger partial charge in [0.15, 0.2) is 17.1 Å². The van der Waals surface area contributed by atoms with Crippen molar-refractivity contribution in [3.63, 3.8) is 0 Å². The first kappa shape index (κ1) is 16.0. The smallest absolute Gasteiger partial charge is 0.347 e.